The van der Waals surface area contributed by atoms with Gasteiger partial charge in [0.15, 0.2) is 11.2 Å². The molecule has 114 valence electrons. The summed E-state index contributed by atoms with van der Waals surface area (Å²) in [6.07, 6.45) is 1.41. The van der Waals surface area contributed by atoms with Crippen molar-refractivity contribution in [2.45, 2.75) is 12.4 Å². The van der Waals surface area contributed by atoms with E-state index in [9.17, 15) is 4.79 Å². The molecule has 0 aromatic carbocycles. The zero-order valence-electron chi connectivity index (χ0n) is 12.1. The Balaban J connectivity index is 2.24. The number of nitrogens with zero attached hydrogens (tertiary/aromatic N) is 5. The zero-order valence-corrected chi connectivity index (χ0v) is 12.9. The first kappa shape index (κ1) is 15.3. The molecule has 0 atom stereocenters. The fourth-order valence-corrected chi connectivity index (χ4v) is 2.08. The fraction of sp³-hybridized carbons (Fsp3) is 0.500. The number of alkyl halides is 1. The van der Waals surface area contributed by atoms with Gasteiger partial charge in [0.2, 0.25) is 5.88 Å². The minimum atomic E-state index is -0.154. The lowest BCUT2D eigenvalue weighted by Gasteiger charge is -2.13. The SMILES string of the molecule is COc1ncnc2c1nc(CCl)n2CCNC(=O)N(C)C. The Labute approximate surface area is 127 Å². The van der Waals surface area contributed by atoms with Gasteiger partial charge < -0.3 is 19.5 Å². The summed E-state index contributed by atoms with van der Waals surface area (Å²) < 4.78 is 7.02. The van der Waals surface area contributed by atoms with Gasteiger partial charge in [-0.3, -0.25) is 0 Å². The first-order valence-corrected chi connectivity index (χ1v) is 6.87. The lowest BCUT2D eigenvalue weighted by molar-refractivity contribution is 0.217. The molecule has 0 aliphatic rings. The Morgan fingerprint density at radius 1 is 1.48 bits per heavy atom. The lowest BCUT2D eigenvalue weighted by atomic mass is 10.5. The first-order chi connectivity index (χ1) is 10.1. The second-order valence-corrected chi connectivity index (χ2v) is 4.76. The van der Waals surface area contributed by atoms with Gasteiger partial charge >= 0.3 is 6.03 Å². The molecular formula is C12H17ClN6O2. The summed E-state index contributed by atoms with van der Waals surface area (Å²) in [5.74, 6) is 1.30. The molecule has 0 aliphatic carbocycles. The van der Waals surface area contributed by atoms with E-state index in [1.165, 1.54) is 18.3 Å². The number of ether oxygens (including phenoxy) is 1. The summed E-state index contributed by atoms with van der Waals surface area (Å²) in [4.78, 5) is 25.6. The standard InChI is InChI=1S/C12H17ClN6O2/c1-18(2)12(20)14-4-5-19-8(6-13)17-9-10(19)15-7-16-11(9)21-3/h7H,4-6H2,1-3H3,(H,14,20). The molecule has 0 fully saturated rings. The quantitative estimate of drug-likeness (QED) is 0.827. The molecule has 0 saturated heterocycles. The van der Waals surface area contributed by atoms with Gasteiger partial charge in [-0.15, -0.1) is 11.6 Å². The van der Waals surface area contributed by atoms with Crippen molar-refractivity contribution >= 4 is 28.8 Å². The van der Waals surface area contributed by atoms with Crippen LogP contribution in [-0.2, 0) is 12.4 Å². The van der Waals surface area contributed by atoms with Crippen LogP contribution in [0.1, 0.15) is 5.82 Å². The molecule has 0 aliphatic heterocycles. The molecule has 2 amide bonds. The van der Waals surface area contributed by atoms with Gasteiger partial charge in [-0.05, 0) is 0 Å². The number of hydrogen-bond acceptors (Lipinski definition) is 5. The first-order valence-electron chi connectivity index (χ1n) is 6.33. The van der Waals surface area contributed by atoms with Crippen molar-refractivity contribution in [1.29, 1.82) is 0 Å². The molecule has 9 heteroatoms. The van der Waals surface area contributed by atoms with Gasteiger partial charge in [0.25, 0.3) is 0 Å². The number of aromatic nitrogens is 4. The number of rotatable bonds is 5. The summed E-state index contributed by atoms with van der Waals surface area (Å²) in [6.45, 7) is 0.955. The maximum absolute atomic E-state index is 11.5. The number of halogens is 1. The Morgan fingerprint density at radius 3 is 2.86 bits per heavy atom. The van der Waals surface area contributed by atoms with Crippen molar-refractivity contribution in [2.75, 3.05) is 27.7 Å². The van der Waals surface area contributed by atoms with E-state index in [0.717, 1.165) is 0 Å². The number of amides is 2. The van der Waals surface area contributed by atoms with Crippen molar-refractivity contribution < 1.29 is 9.53 Å². The fourth-order valence-electron chi connectivity index (χ4n) is 1.88. The molecule has 2 heterocycles. The smallest absolute Gasteiger partial charge is 0.316 e. The highest BCUT2D eigenvalue weighted by molar-refractivity contribution is 6.16. The number of carbonyl (C=O) groups is 1. The molecule has 0 unspecified atom stereocenters. The summed E-state index contributed by atoms with van der Waals surface area (Å²) in [5.41, 5.74) is 1.20. The van der Waals surface area contributed by atoms with Gasteiger partial charge in [0, 0.05) is 27.2 Å². The Morgan fingerprint density at radius 2 is 2.24 bits per heavy atom. The summed E-state index contributed by atoms with van der Waals surface area (Å²) in [5, 5.41) is 2.79. The third kappa shape index (κ3) is 3.15. The molecule has 8 nitrogen and oxygen atoms in total. The predicted molar refractivity (Wildman–Crippen MR) is 78.5 cm³/mol. The van der Waals surface area contributed by atoms with E-state index >= 15 is 0 Å². The third-order valence-electron chi connectivity index (χ3n) is 2.91. The van der Waals surface area contributed by atoms with Crippen molar-refractivity contribution in [3.05, 3.63) is 12.2 Å². The van der Waals surface area contributed by atoms with Crippen LogP contribution in [0.25, 0.3) is 11.2 Å². The number of imidazole rings is 1. The van der Waals surface area contributed by atoms with E-state index in [1.54, 1.807) is 14.1 Å². The van der Waals surface area contributed by atoms with Crippen LogP contribution in [0.4, 0.5) is 4.79 Å². The van der Waals surface area contributed by atoms with E-state index in [0.29, 0.717) is 36.0 Å². The van der Waals surface area contributed by atoms with Crippen molar-refractivity contribution in [2.24, 2.45) is 0 Å². The van der Waals surface area contributed by atoms with Crippen LogP contribution in [0, 0.1) is 0 Å². The largest absolute Gasteiger partial charge is 0.479 e. The highest BCUT2D eigenvalue weighted by Gasteiger charge is 2.15. The second-order valence-electron chi connectivity index (χ2n) is 4.49. The number of carbonyl (C=O) groups excluding carboxylic acids is 1. The number of hydrogen-bond donors (Lipinski definition) is 1. The summed E-state index contributed by atoms with van der Waals surface area (Å²) in [7, 11) is 4.90. The van der Waals surface area contributed by atoms with Crippen LogP contribution >= 0.6 is 11.6 Å². The van der Waals surface area contributed by atoms with Gasteiger partial charge in [-0.1, -0.05) is 0 Å². The topological polar surface area (TPSA) is 85.2 Å². The van der Waals surface area contributed by atoms with Crippen molar-refractivity contribution in [1.82, 2.24) is 29.7 Å². The molecule has 21 heavy (non-hydrogen) atoms. The second kappa shape index (κ2) is 6.57. The van der Waals surface area contributed by atoms with Crippen LogP contribution in [0.2, 0.25) is 0 Å². The van der Waals surface area contributed by atoms with Crippen molar-refractivity contribution in [3.8, 4) is 5.88 Å². The van der Waals surface area contributed by atoms with E-state index in [2.05, 4.69) is 20.3 Å². The van der Waals surface area contributed by atoms with Gasteiger partial charge in [0.05, 0.1) is 13.0 Å². The van der Waals surface area contributed by atoms with E-state index < -0.39 is 0 Å². The number of fused-ring (bicyclic) bond motifs is 1. The number of methoxy groups -OCH3 is 1. The molecule has 0 radical (unpaired) electrons. The van der Waals surface area contributed by atoms with Crippen LogP contribution in [0.5, 0.6) is 5.88 Å². The highest BCUT2D eigenvalue weighted by Crippen LogP contribution is 2.22. The van der Waals surface area contributed by atoms with Crippen LogP contribution in [-0.4, -0.2) is 58.2 Å². The van der Waals surface area contributed by atoms with Gasteiger partial charge in [-0.25, -0.2) is 14.8 Å². The molecule has 0 spiro atoms. The van der Waals surface area contributed by atoms with E-state index in [4.69, 9.17) is 16.3 Å². The van der Waals surface area contributed by atoms with Crippen LogP contribution in [0.15, 0.2) is 6.33 Å². The van der Waals surface area contributed by atoms with Gasteiger partial charge in [0.1, 0.15) is 12.2 Å². The van der Waals surface area contributed by atoms with E-state index in [1.807, 2.05) is 4.57 Å². The molecule has 2 aromatic heterocycles. The Bertz CT molecular complexity index is 642. The normalized spacial score (nSPS) is 10.7. The molecule has 0 bridgehead atoms. The summed E-state index contributed by atoms with van der Waals surface area (Å²) in [6, 6.07) is -0.154. The van der Waals surface area contributed by atoms with E-state index in [-0.39, 0.29) is 11.9 Å². The monoisotopic (exact) mass is 312 g/mol. The lowest BCUT2D eigenvalue weighted by Crippen LogP contribution is -2.36. The van der Waals surface area contributed by atoms with Gasteiger partial charge in [-0.2, -0.15) is 4.98 Å². The maximum atomic E-state index is 11.5. The Kier molecular flexibility index (Phi) is 4.79. The average molecular weight is 313 g/mol. The Hall–Kier alpha value is -2.09. The van der Waals surface area contributed by atoms with Crippen molar-refractivity contribution in [3.63, 3.8) is 0 Å². The minimum Gasteiger partial charge on any atom is -0.479 e. The van der Waals surface area contributed by atoms with Crippen LogP contribution in [0.3, 0.4) is 0 Å². The zero-order chi connectivity index (χ0) is 15.4. The predicted octanol–water partition coefficient (Wildman–Crippen LogP) is 0.845. The molecular weight excluding hydrogens is 296 g/mol. The number of urea groups is 1. The molecule has 2 rings (SSSR count). The average Bonchev–Trinajstić information content (AvgIpc) is 2.85. The molecule has 0 saturated carbocycles. The highest BCUT2D eigenvalue weighted by atomic mass is 35.5. The minimum absolute atomic E-state index is 0.154. The third-order valence-corrected chi connectivity index (χ3v) is 3.15. The molecule has 2 aromatic rings. The number of nitrogens with one attached hydrogen (secondary N) is 1. The maximum Gasteiger partial charge on any atom is 0.316 e. The molecule has 1 N–H and O–H groups in total. The van der Waals surface area contributed by atoms with Crippen LogP contribution < -0.4 is 10.1 Å². The summed E-state index contributed by atoms with van der Waals surface area (Å²) >= 11 is 5.92.